The molecule has 17 heavy (non-hydrogen) atoms. The topological polar surface area (TPSA) is 63.4 Å². The Kier molecular flexibility index (Phi) is 4.98. The van der Waals surface area contributed by atoms with Gasteiger partial charge in [0.05, 0.1) is 5.75 Å². The molecule has 0 amide bonds. The van der Waals surface area contributed by atoms with E-state index in [1.807, 2.05) is 20.8 Å². The van der Waals surface area contributed by atoms with Crippen LogP contribution < -0.4 is 5.73 Å². The lowest BCUT2D eigenvalue weighted by Gasteiger charge is -2.30. The van der Waals surface area contributed by atoms with E-state index in [0.29, 0.717) is 13.1 Å². The van der Waals surface area contributed by atoms with E-state index >= 15 is 0 Å². The largest absolute Gasteiger partial charge is 0.329 e. The maximum absolute atomic E-state index is 12.4. The normalized spacial score (nSPS) is 19.1. The number of hydrogen-bond donors (Lipinski definition) is 1. The number of hydrogen-bond acceptors (Lipinski definition) is 3. The summed E-state index contributed by atoms with van der Waals surface area (Å²) in [5.74, 6) is 0.205. The van der Waals surface area contributed by atoms with Crippen LogP contribution in [0, 0.1) is 5.41 Å². The van der Waals surface area contributed by atoms with Gasteiger partial charge in [-0.2, -0.15) is 4.31 Å². The van der Waals surface area contributed by atoms with Crippen LogP contribution in [0.3, 0.4) is 0 Å². The van der Waals surface area contributed by atoms with Gasteiger partial charge in [-0.15, -0.1) is 0 Å². The van der Waals surface area contributed by atoms with E-state index in [1.54, 1.807) is 4.31 Å². The van der Waals surface area contributed by atoms with Crippen molar-refractivity contribution in [2.75, 3.05) is 18.8 Å². The Bertz CT molecular complexity index is 327. The van der Waals surface area contributed by atoms with E-state index in [-0.39, 0.29) is 17.2 Å². The molecule has 0 radical (unpaired) electrons. The Balaban J connectivity index is 2.81. The molecule has 2 N–H and O–H groups in total. The summed E-state index contributed by atoms with van der Waals surface area (Å²) in [5, 5.41) is 0. The second kappa shape index (κ2) is 5.67. The zero-order valence-corrected chi connectivity index (χ0v) is 12.1. The average Bonchev–Trinajstić information content (AvgIpc) is 2.62. The molecular weight excluding hydrogens is 236 g/mol. The third-order valence-electron chi connectivity index (χ3n) is 3.05. The minimum atomic E-state index is -3.17. The van der Waals surface area contributed by atoms with E-state index in [4.69, 9.17) is 5.73 Å². The highest BCUT2D eigenvalue weighted by molar-refractivity contribution is 7.89. The van der Waals surface area contributed by atoms with Crippen molar-refractivity contribution in [3.05, 3.63) is 0 Å². The van der Waals surface area contributed by atoms with Crippen molar-refractivity contribution < 1.29 is 8.42 Å². The summed E-state index contributed by atoms with van der Waals surface area (Å²) in [6.45, 7) is 6.74. The Hall–Kier alpha value is -0.130. The summed E-state index contributed by atoms with van der Waals surface area (Å²) in [4.78, 5) is 0. The standard InChI is InChI=1S/C12H26N2O2S/c1-12(2,3)10-17(15,16)14(9-8-13)11-6-4-5-7-11/h11H,4-10,13H2,1-3H3. The maximum atomic E-state index is 12.4. The quantitative estimate of drug-likeness (QED) is 0.818. The first kappa shape index (κ1) is 14.9. The van der Waals surface area contributed by atoms with Crippen LogP contribution >= 0.6 is 0 Å². The molecule has 0 bridgehead atoms. The molecule has 0 heterocycles. The van der Waals surface area contributed by atoms with Gasteiger partial charge in [0.2, 0.25) is 10.0 Å². The lowest BCUT2D eigenvalue weighted by atomic mass is 10.0. The molecular formula is C12H26N2O2S. The van der Waals surface area contributed by atoms with E-state index in [1.165, 1.54) is 0 Å². The second-order valence-corrected chi connectivity index (χ2v) is 8.08. The Morgan fingerprint density at radius 3 is 2.18 bits per heavy atom. The smallest absolute Gasteiger partial charge is 0.214 e. The third kappa shape index (κ3) is 4.56. The molecule has 1 aliphatic rings. The summed E-state index contributed by atoms with van der Waals surface area (Å²) in [6.07, 6.45) is 4.25. The lowest BCUT2D eigenvalue weighted by molar-refractivity contribution is 0.320. The molecule has 0 aliphatic heterocycles. The van der Waals surface area contributed by atoms with Crippen molar-refractivity contribution in [3.8, 4) is 0 Å². The first-order chi connectivity index (χ1) is 7.76. The van der Waals surface area contributed by atoms with Gasteiger partial charge in [-0.25, -0.2) is 8.42 Å². The van der Waals surface area contributed by atoms with Crippen LogP contribution in [0.15, 0.2) is 0 Å². The van der Waals surface area contributed by atoms with Crippen LogP contribution in [0.1, 0.15) is 46.5 Å². The van der Waals surface area contributed by atoms with E-state index in [9.17, 15) is 8.42 Å². The summed E-state index contributed by atoms with van der Waals surface area (Å²) in [7, 11) is -3.17. The molecule has 5 heteroatoms. The number of sulfonamides is 1. The van der Waals surface area contributed by atoms with Crippen LogP contribution in [-0.2, 0) is 10.0 Å². The van der Waals surface area contributed by atoms with Crippen molar-refractivity contribution >= 4 is 10.0 Å². The Morgan fingerprint density at radius 1 is 1.24 bits per heavy atom. The summed E-state index contributed by atoms with van der Waals surface area (Å²) in [6, 6.07) is 0.186. The van der Waals surface area contributed by atoms with Crippen molar-refractivity contribution in [1.82, 2.24) is 4.31 Å². The zero-order valence-electron chi connectivity index (χ0n) is 11.3. The van der Waals surface area contributed by atoms with Gasteiger partial charge in [0, 0.05) is 19.1 Å². The number of rotatable bonds is 5. The van der Waals surface area contributed by atoms with Crippen LogP contribution in [-0.4, -0.2) is 37.6 Å². The Morgan fingerprint density at radius 2 is 1.76 bits per heavy atom. The van der Waals surface area contributed by atoms with Crippen LogP contribution in [0.5, 0.6) is 0 Å². The van der Waals surface area contributed by atoms with Gasteiger partial charge in [0.1, 0.15) is 0 Å². The summed E-state index contributed by atoms with van der Waals surface area (Å²) >= 11 is 0. The zero-order chi connectivity index (χ0) is 13.1. The molecule has 0 aromatic rings. The molecule has 0 aromatic heterocycles. The molecule has 0 saturated heterocycles. The van der Waals surface area contributed by atoms with E-state index < -0.39 is 10.0 Å². The first-order valence-corrected chi connectivity index (χ1v) is 8.07. The molecule has 4 nitrogen and oxygen atoms in total. The fraction of sp³-hybridized carbons (Fsp3) is 1.00. The molecule has 0 atom stereocenters. The highest BCUT2D eigenvalue weighted by Gasteiger charge is 2.33. The van der Waals surface area contributed by atoms with Crippen molar-refractivity contribution in [3.63, 3.8) is 0 Å². The van der Waals surface area contributed by atoms with Gasteiger partial charge in [0.15, 0.2) is 0 Å². The molecule has 1 saturated carbocycles. The number of nitrogens with two attached hydrogens (primary N) is 1. The monoisotopic (exact) mass is 262 g/mol. The van der Waals surface area contributed by atoms with Gasteiger partial charge in [-0.3, -0.25) is 0 Å². The van der Waals surface area contributed by atoms with E-state index in [2.05, 4.69) is 0 Å². The summed E-state index contributed by atoms with van der Waals surface area (Å²) in [5.41, 5.74) is 5.35. The minimum absolute atomic E-state index is 0.186. The third-order valence-corrected chi connectivity index (χ3v) is 5.48. The molecule has 1 rings (SSSR count). The molecule has 0 unspecified atom stereocenters. The van der Waals surface area contributed by atoms with Crippen molar-refractivity contribution in [1.29, 1.82) is 0 Å². The maximum Gasteiger partial charge on any atom is 0.214 e. The SMILES string of the molecule is CC(C)(C)CS(=O)(=O)N(CCN)C1CCCC1. The highest BCUT2D eigenvalue weighted by Crippen LogP contribution is 2.28. The average molecular weight is 262 g/mol. The van der Waals surface area contributed by atoms with Crippen LogP contribution in [0.25, 0.3) is 0 Å². The van der Waals surface area contributed by atoms with Crippen LogP contribution in [0.2, 0.25) is 0 Å². The van der Waals surface area contributed by atoms with Gasteiger partial charge < -0.3 is 5.73 Å². The van der Waals surface area contributed by atoms with Crippen LogP contribution in [0.4, 0.5) is 0 Å². The minimum Gasteiger partial charge on any atom is -0.329 e. The van der Waals surface area contributed by atoms with Gasteiger partial charge in [-0.05, 0) is 18.3 Å². The molecule has 1 aliphatic carbocycles. The highest BCUT2D eigenvalue weighted by atomic mass is 32.2. The molecule has 0 aromatic carbocycles. The predicted octanol–water partition coefficient (Wildman–Crippen LogP) is 1.57. The Labute approximate surface area is 106 Å². The van der Waals surface area contributed by atoms with Crippen molar-refractivity contribution in [2.24, 2.45) is 11.1 Å². The lowest BCUT2D eigenvalue weighted by Crippen LogP contribution is -2.45. The fourth-order valence-corrected chi connectivity index (χ4v) is 4.81. The fourth-order valence-electron chi connectivity index (χ4n) is 2.50. The van der Waals surface area contributed by atoms with Gasteiger partial charge in [-0.1, -0.05) is 33.6 Å². The van der Waals surface area contributed by atoms with Crippen molar-refractivity contribution in [2.45, 2.75) is 52.5 Å². The molecule has 0 spiro atoms. The van der Waals surface area contributed by atoms with E-state index in [0.717, 1.165) is 25.7 Å². The first-order valence-electron chi connectivity index (χ1n) is 6.46. The second-order valence-electron chi connectivity index (χ2n) is 6.15. The van der Waals surface area contributed by atoms with Gasteiger partial charge >= 0.3 is 0 Å². The predicted molar refractivity (Wildman–Crippen MR) is 71.3 cm³/mol. The van der Waals surface area contributed by atoms with Gasteiger partial charge in [0.25, 0.3) is 0 Å². The number of nitrogens with zero attached hydrogens (tertiary/aromatic N) is 1. The summed E-state index contributed by atoms with van der Waals surface area (Å²) < 4.78 is 26.4. The molecule has 102 valence electrons. The molecule has 1 fully saturated rings.